The largest absolute Gasteiger partial charge is 0.573 e. The lowest BCUT2D eigenvalue weighted by Crippen LogP contribution is -2.23. The van der Waals surface area contributed by atoms with Gasteiger partial charge in [0.1, 0.15) is 11.4 Å². The van der Waals surface area contributed by atoms with Gasteiger partial charge in [-0.1, -0.05) is 26.0 Å². The molecule has 0 radical (unpaired) electrons. The van der Waals surface area contributed by atoms with Crippen LogP contribution in [0.1, 0.15) is 36.3 Å². The molecule has 1 heterocycles. The molecule has 0 fully saturated rings. The van der Waals surface area contributed by atoms with E-state index in [1.165, 1.54) is 23.8 Å². The second-order valence-corrected chi connectivity index (χ2v) is 7.63. The summed E-state index contributed by atoms with van der Waals surface area (Å²) >= 11 is 0. The molecule has 0 saturated heterocycles. The average Bonchev–Trinajstić information content (AvgIpc) is 3.05. The molecule has 0 aliphatic rings. The molecular weight excluding hydrogens is 415 g/mol. The molecule has 0 saturated carbocycles. The molecule has 6 nitrogen and oxygen atoms in total. The third-order valence-electron chi connectivity index (χ3n) is 4.93. The summed E-state index contributed by atoms with van der Waals surface area (Å²) in [4.78, 5) is 23.6. The molecule has 0 unspecified atom stereocenters. The molecule has 0 aliphatic heterocycles. The van der Waals surface area contributed by atoms with Gasteiger partial charge in [0.05, 0.1) is 19.0 Å². The van der Waals surface area contributed by atoms with Gasteiger partial charge in [-0.05, 0) is 35.9 Å². The summed E-state index contributed by atoms with van der Waals surface area (Å²) in [6.45, 7) is 3.67. The van der Waals surface area contributed by atoms with Crippen LogP contribution in [0.25, 0.3) is 16.6 Å². The van der Waals surface area contributed by atoms with Gasteiger partial charge in [-0.3, -0.25) is 4.79 Å². The van der Waals surface area contributed by atoms with Crippen molar-refractivity contribution in [3.05, 3.63) is 59.8 Å². The van der Waals surface area contributed by atoms with Crippen LogP contribution in [0.4, 0.5) is 13.2 Å². The Morgan fingerprint density at radius 3 is 2.39 bits per heavy atom. The van der Waals surface area contributed by atoms with E-state index in [2.05, 4.69) is 4.74 Å². The minimum absolute atomic E-state index is 0.0920. The molecule has 3 aromatic rings. The first-order valence-corrected chi connectivity index (χ1v) is 9.23. The number of alkyl halides is 3. The number of nitrogens with zero attached hydrogens (tertiary/aromatic N) is 1. The molecule has 31 heavy (non-hydrogen) atoms. The Labute approximate surface area is 175 Å². The monoisotopic (exact) mass is 435 g/mol. The maximum absolute atomic E-state index is 12.7. The van der Waals surface area contributed by atoms with Gasteiger partial charge in [0.25, 0.3) is 0 Å². The van der Waals surface area contributed by atoms with Crippen molar-refractivity contribution in [2.45, 2.75) is 32.0 Å². The highest BCUT2D eigenvalue weighted by Crippen LogP contribution is 2.33. The highest BCUT2D eigenvalue weighted by molar-refractivity contribution is 5.96. The number of hydrogen-bond acceptors (Lipinski definition) is 4. The average molecular weight is 435 g/mol. The van der Waals surface area contributed by atoms with Crippen molar-refractivity contribution in [1.29, 1.82) is 0 Å². The highest BCUT2D eigenvalue weighted by atomic mass is 19.4. The van der Waals surface area contributed by atoms with Crippen LogP contribution in [-0.4, -0.2) is 35.1 Å². The molecule has 2 aromatic carbocycles. The number of rotatable bonds is 6. The summed E-state index contributed by atoms with van der Waals surface area (Å²) < 4.78 is 48.0. The van der Waals surface area contributed by atoms with Gasteiger partial charge >= 0.3 is 18.3 Å². The van der Waals surface area contributed by atoms with Crippen LogP contribution in [0, 0.1) is 0 Å². The van der Waals surface area contributed by atoms with Crippen LogP contribution in [0.15, 0.2) is 48.5 Å². The molecule has 0 bridgehead atoms. The van der Waals surface area contributed by atoms with Crippen molar-refractivity contribution in [3.8, 4) is 11.4 Å². The fourth-order valence-corrected chi connectivity index (χ4v) is 3.41. The Balaban J connectivity index is 2.17. The number of carboxylic acid groups (broad SMARTS) is 1. The summed E-state index contributed by atoms with van der Waals surface area (Å²) in [5, 5.41) is 10.1. The molecule has 3 rings (SSSR count). The van der Waals surface area contributed by atoms with Crippen LogP contribution >= 0.6 is 0 Å². The molecule has 0 atom stereocenters. The van der Waals surface area contributed by atoms with E-state index >= 15 is 0 Å². The van der Waals surface area contributed by atoms with E-state index in [4.69, 9.17) is 4.74 Å². The van der Waals surface area contributed by atoms with Gasteiger partial charge in [0.2, 0.25) is 0 Å². The number of carbonyl (C=O) groups is 2. The van der Waals surface area contributed by atoms with E-state index in [0.717, 1.165) is 17.7 Å². The Kier molecular flexibility index (Phi) is 5.71. The van der Waals surface area contributed by atoms with Gasteiger partial charge in [0.15, 0.2) is 0 Å². The molecule has 0 aliphatic carbocycles. The summed E-state index contributed by atoms with van der Waals surface area (Å²) in [7, 11) is 1.29. The smallest absolute Gasteiger partial charge is 0.477 e. The van der Waals surface area contributed by atoms with Crippen molar-refractivity contribution in [3.63, 3.8) is 0 Å². The molecule has 0 amide bonds. The zero-order valence-corrected chi connectivity index (χ0v) is 17.0. The second-order valence-electron chi connectivity index (χ2n) is 7.63. The molecule has 1 N–H and O–H groups in total. The van der Waals surface area contributed by atoms with Crippen molar-refractivity contribution in [1.82, 2.24) is 4.57 Å². The first-order valence-electron chi connectivity index (χ1n) is 9.23. The van der Waals surface area contributed by atoms with Crippen molar-refractivity contribution < 1.29 is 37.3 Å². The lowest BCUT2D eigenvalue weighted by atomic mass is 9.81. The van der Waals surface area contributed by atoms with E-state index in [-0.39, 0.29) is 17.6 Å². The van der Waals surface area contributed by atoms with Crippen LogP contribution in [-0.2, 0) is 14.9 Å². The number of esters is 1. The number of aromatic carboxylic acids is 1. The lowest BCUT2D eigenvalue weighted by Gasteiger charge is -2.25. The predicted molar refractivity (Wildman–Crippen MR) is 107 cm³/mol. The molecular formula is C22H20F3NO5. The minimum Gasteiger partial charge on any atom is -0.477 e. The zero-order valence-electron chi connectivity index (χ0n) is 17.0. The topological polar surface area (TPSA) is 77.8 Å². The molecule has 164 valence electrons. The van der Waals surface area contributed by atoms with Crippen molar-refractivity contribution in [2.24, 2.45) is 0 Å². The number of hydrogen-bond donors (Lipinski definition) is 1. The SMILES string of the molecule is COC(=O)CC(C)(C)c1cccc(-n2c(C(=O)O)cc3ccc(OC(F)(F)F)cc32)c1. The van der Waals surface area contributed by atoms with Crippen LogP contribution in [0.2, 0.25) is 0 Å². The maximum atomic E-state index is 12.7. The number of methoxy groups -OCH3 is 1. The van der Waals surface area contributed by atoms with Crippen LogP contribution in [0.5, 0.6) is 5.75 Å². The Hall–Kier alpha value is -3.49. The number of ether oxygens (including phenoxy) is 2. The summed E-state index contributed by atoms with van der Waals surface area (Å²) in [5.41, 5.74) is 0.646. The van der Waals surface area contributed by atoms with Crippen LogP contribution < -0.4 is 4.74 Å². The van der Waals surface area contributed by atoms with E-state index in [9.17, 15) is 27.9 Å². The normalized spacial score (nSPS) is 12.1. The standard InChI is InChI=1S/C22H20F3NO5/c1-21(2,12-19(27)30-3)14-5-4-6-15(10-14)26-17-11-16(31-22(23,24)25)8-7-13(17)9-18(26)20(28)29/h4-11H,12H2,1-3H3,(H,28,29). The Morgan fingerprint density at radius 1 is 1.06 bits per heavy atom. The number of halogens is 3. The van der Waals surface area contributed by atoms with Crippen molar-refractivity contribution >= 4 is 22.8 Å². The third kappa shape index (κ3) is 4.82. The van der Waals surface area contributed by atoms with E-state index in [1.54, 1.807) is 24.3 Å². The van der Waals surface area contributed by atoms with Gasteiger partial charge in [-0.15, -0.1) is 13.2 Å². The van der Waals surface area contributed by atoms with Gasteiger partial charge in [-0.25, -0.2) is 4.79 Å². The van der Waals surface area contributed by atoms with Gasteiger partial charge in [0, 0.05) is 22.6 Å². The fourth-order valence-electron chi connectivity index (χ4n) is 3.41. The lowest BCUT2D eigenvalue weighted by molar-refractivity contribution is -0.274. The molecule has 9 heteroatoms. The Morgan fingerprint density at radius 2 is 1.77 bits per heavy atom. The quantitative estimate of drug-likeness (QED) is 0.547. The van der Waals surface area contributed by atoms with E-state index < -0.39 is 29.5 Å². The first kappa shape index (κ1) is 22.2. The highest BCUT2D eigenvalue weighted by Gasteiger charge is 2.31. The van der Waals surface area contributed by atoms with Crippen molar-refractivity contribution in [2.75, 3.05) is 7.11 Å². The fraction of sp³-hybridized carbons (Fsp3) is 0.273. The number of fused-ring (bicyclic) bond motifs is 1. The predicted octanol–water partition coefficient (Wildman–Crippen LogP) is 5.07. The summed E-state index contributed by atoms with van der Waals surface area (Å²) in [6.07, 6.45) is -4.78. The number of aromatic nitrogens is 1. The maximum Gasteiger partial charge on any atom is 0.573 e. The van der Waals surface area contributed by atoms with Gasteiger partial charge < -0.3 is 19.1 Å². The first-order chi connectivity index (χ1) is 14.4. The van der Waals surface area contributed by atoms with Crippen LogP contribution in [0.3, 0.4) is 0 Å². The number of carbonyl (C=O) groups excluding carboxylic acids is 1. The third-order valence-corrected chi connectivity index (χ3v) is 4.93. The summed E-state index contributed by atoms with van der Waals surface area (Å²) in [5.74, 6) is -2.10. The minimum atomic E-state index is -4.88. The summed E-state index contributed by atoms with van der Waals surface area (Å²) in [6, 6.07) is 11.8. The number of benzene rings is 2. The molecule has 1 aromatic heterocycles. The Bertz CT molecular complexity index is 1150. The second kappa shape index (κ2) is 7.98. The number of carboxylic acids is 1. The van der Waals surface area contributed by atoms with E-state index in [0.29, 0.717) is 11.1 Å². The zero-order chi connectivity index (χ0) is 23.0. The molecule has 0 spiro atoms. The van der Waals surface area contributed by atoms with E-state index in [1.807, 2.05) is 13.8 Å². The van der Waals surface area contributed by atoms with Gasteiger partial charge in [-0.2, -0.15) is 0 Å².